The second-order valence-corrected chi connectivity index (χ2v) is 9.64. The van der Waals surface area contributed by atoms with E-state index in [1.54, 1.807) is 13.0 Å². The van der Waals surface area contributed by atoms with Crippen LogP contribution in [-0.4, -0.2) is 17.8 Å². The Hall–Kier alpha value is -3.30. The van der Waals surface area contributed by atoms with Crippen molar-refractivity contribution in [2.45, 2.75) is 64.8 Å². The molecule has 214 valence electrons. The lowest BCUT2D eigenvalue weighted by Gasteiger charge is -2.23. The Morgan fingerprint density at radius 2 is 1.45 bits per heavy atom. The number of aliphatic hydroxyl groups is 1. The first-order valence-corrected chi connectivity index (χ1v) is 13.2. The van der Waals surface area contributed by atoms with E-state index < -0.39 is 52.1 Å². The lowest BCUT2D eigenvalue weighted by Crippen LogP contribution is -2.17. The van der Waals surface area contributed by atoms with Crippen LogP contribution in [0.5, 0.6) is 5.75 Å². The zero-order valence-electron chi connectivity index (χ0n) is 22.2. The van der Waals surface area contributed by atoms with E-state index in [9.17, 15) is 31.4 Å². The van der Waals surface area contributed by atoms with Gasteiger partial charge in [0.05, 0.1) is 25.4 Å². The van der Waals surface area contributed by atoms with Gasteiger partial charge < -0.3 is 14.6 Å². The van der Waals surface area contributed by atoms with Crippen molar-refractivity contribution in [1.82, 2.24) is 0 Å². The number of halogens is 6. The molecule has 3 aromatic carbocycles. The van der Waals surface area contributed by atoms with Crippen LogP contribution in [-0.2, 0) is 11.3 Å². The van der Waals surface area contributed by atoms with Gasteiger partial charge in [0.25, 0.3) is 0 Å². The predicted molar refractivity (Wildman–Crippen MR) is 140 cm³/mol. The maximum Gasteiger partial charge on any atom is 0.201 e. The lowest BCUT2D eigenvalue weighted by molar-refractivity contribution is 0.0342. The largest absolute Gasteiger partial charge is 0.491 e. The van der Waals surface area contributed by atoms with E-state index >= 15 is 0 Å². The normalized spacial score (nSPS) is 16.1. The molecule has 1 N–H and O–H groups in total. The molecule has 4 rings (SSSR count). The van der Waals surface area contributed by atoms with E-state index in [1.165, 1.54) is 18.2 Å². The fourth-order valence-corrected chi connectivity index (χ4v) is 4.83. The number of ether oxygens (including phenoxy) is 2. The molecular weight excluding hydrogens is 534 g/mol. The standard InChI is InChI=1S/C31H30F6O3/c1-3-5-24(38)23-13-12-20(27(33)30(23)36)17-6-9-19(10-7-17)40-16-18-8-11-21(28(34)26(18)32)22-14-15-25(39-4-2)31(37)29(22)35/h6,8,11-15,19,24,38H,3-5,7,9-10,16H2,1-2H3. The van der Waals surface area contributed by atoms with Gasteiger partial charge in [-0.15, -0.1) is 0 Å². The first-order chi connectivity index (χ1) is 19.2. The number of hydrogen-bond donors (Lipinski definition) is 1. The number of hydrogen-bond acceptors (Lipinski definition) is 3. The molecule has 0 heterocycles. The fourth-order valence-electron chi connectivity index (χ4n) is 4.83. The topological polar surface area (TPSA) is 38.7 Å². The van der Waals surface area contributed by atoms with E-state index in [-0.39, 0.29) is 41.8 Å². The molecule has 40 heavy (non-hydrogen) atoms. The number of rotatable bonds is 10. The Balaban J connectivity index is 1.43. The van der Waals surface area contributed by atoms with Crippen molar-refractivity contribution in [3.8, 4) is 16.9 Å². The zero-order valence-corrected chi connectivity index (χ0v) is 22.2. The quantitative estimate of drug-likeness (QED) is 0.251. The van der Waals surface area contributed by atoms with Gasteiger partial charge in [0.1, 0.15) is 0 Å². The zero-order chi connectivity index (χ0) is 29.0. The highest BCUT2D eigenvalue weighted by molar-refractivity contribution is 5.68. The van der Waals surface area contributed by atoms with Gasteiger partial charge in [0, 0.05) is 27.8 Å². The summed E-state index contributed by atoms with van der Waals surface area (Å²) in [5.41, 5.74) is -0.336. The van der Waals surface area contributed by atoms with Crippen LogP contribution in [0.15, 0.2) is 42.5 Å². The van der Waals surface area contributed by atoms with Crippen molar-refractivity contribution >= 4 is 5.57 Å². The SMILES string of the molecule is CCCC(O)c1ccc(C2=CCC(OCc3ccc(-c4ccc(OCC)c(F)c4F)c(F)c3F)CC2)c(F)c1F. The molecule has 0 amide bonds. The average molecular weight is 565 g/mol. The summed E-state index contributed by atoms with van der Waals surface area (Å²) < 4.78 is 98.5. The van der Waals surface area contributed by atoms with Gasteiger partial charge >= 0.3 is 0 Å². The van der Waals surface area contributed by atoms with E-state index in [1.807, 2.05) is 6.92 Å². The fraction of sp³-hybridized carbons (Fsp3) is 0.355. The minimum Gasteiger partial charge on any atom is -0.491 e. The van der Waals surface area contributed by atoms with Crippen molar-refractivity contribution < 1.29 is 40.9 Å². The summed E-state index contributed by atoms with van der Waals surface area (Å²) in [6.45, 7) is 3.27. The second kappa shape index (κ2) is 12.9. The molecule has 3 aromatic rings. The Kier molecular flexibility index (Phi) is 9.58. The average Bonchev–Trinajstić information content (AvgIpc) is 2.94. The summed E-state index contributed by atoms with van der Waals surface area (Å²) in [6, 6.07) is 7.54. The van der Waals surface area contributed by atoms with Crippen LogP contribution in [0.2, 0.25) is 0 Å². The molecule has 0 saturated carbocycles. The molecule has 1 aliphatic carbocycles. The van der Waals surface area contributed by atoms with E-state index in [2.05, 4.69) is 0 Å². The summed E-state index contributed by atoms with van der Waals surface area (Å²) in [6.07, 6.45) is 2.36. The Morgan fingerprint density at radius 1 is 0.800 bits per heavy atom. The summed E-state index contributed by atoms with van der Waals surface area (Å²) in [5, 5.41) is 10.1. The maximum absolute atomic E-state index is 14.9. The van der Waals surface area contributed by atoms with Crippen LogP contribution >= 0.6 is 0 Å². The van der Waals surface area contributed by atoms with Crippen LogP contribution < -0.4 is 4.74 Å². The Morgan fingerprint density at radius 3 is 2.10 bits per heavy atom. The van der Waals surface area contributed by atoms with Crippen molar-refractivity contribution in [3.63, 3.8) is 0 Å². The van der Waals surface area contributed by atoms with Crippen LogP contribution in [0.4, 0.5) is 26.3 Å². The van der Waals surface area contributed by atoms with Crippen molar-refractivity contribution in [3.05, 3.63) is 94.1 Å². The molecular formula is C31H30F6O3. The van der Waals surface area contributed by atoms with Crippen LogP contribution in [0.25, 0.3) is 16.7 Å². The van der Waals surface area contributed by atoms with Crippen molar-refractivity contribution in [2.75, 3.05) is 6.61 Å². The van der Waals surface area contributed by atoms with Crippen molar-refractivity contribution in [2.24, 2.45) is 0 Å². The molecule has 1 aliphatic rings. The first kappa shape index (κ1) is 29.7. The number of allylic oxidation sites excluding steroid dienone is 1. The number of benzene rings is 3. The van der Waals surface area contributed by atoms with Gasteiger partial charge in [-0.25, -0.2) is 22.0 Å². The Bertz CT molecular complexity index is 1400. The van der Waals surface area contributed by atoms with Gasteiger partial charge in [0.15, 0.2) is 34.8 Å². The number of aliphatic hydroxyl groups excluding tert-OH is 1. The van der Waals surface area contributed by atoms with Gasteiger partial charge in [0.2, 0.25) is 5.82 Å². The predicted octanol–water partition coefficient (Wildman–Crippen LogP) is 8.57. The molecule has 2 unspecified atom stereocenters. The van der Waals surface area contributed by atoms with Gasteiger partial charge in [-0.2, -0.15) is 4.39 Å². The monoisotopic (exact) mass is 564 g/mol. The third kappa shape index (κ3) is 6.05. The highest BCUT2D eigenvalue weighted by Crippen LogP contribution is 2.35. The van der Waals surface area contributed by atoms with E-state index in [0.29, 0.717) is 37.7 Å². The molecule has 0 aliphatic heterocycles. The summed E-state index contributed by atoms with van der Waals surface area (Å²) >= 11 is 0. The van der Waals surface area contributed by atoms with Crippen LogP contribution in [0.1, 0.15) is 68.7 Å². The summed E-state index contributed by atoms with van der Waals surface area (Å²) in [7, 11) is 0. The third-order valence-corrected chi connectivity index (χ3v) is 7.02. The lowest BCUT2D eigenvalue weighted by atomic mass is 9.90. The molecule has 0 aromatic heterocycles. The van der Waals surface area contributed by atoms with E-state index in [4.69, 9.17) is 9.47 Å². The molecule has 2 atom stereocenters. The minimum atomic E-state index is -1.35. The molecule has 9 heteroatoms. The van der Waals surface area contributed by atoms with Gasteiger partial charge in [-0.05, 0) is 50.3 Å². The molecule has 0 bridgehead atoms. The van der Waals surface area contributed by atoms with E-state index in [0.717, 1.165) is 18.2 Å². The first-order valence-electron chi connectivity index (χ1n) is 13.2. The smallest absolute Gasteiger partial charge is 0.201 e. The molecule has 0 fully saturated rings. The van der Waals surface area contributed by atoms with Gasteiger partial charge in [-0.3, -0.25) is 0 Å². The van der Waals surface area contributed by atoms with Crippen LogP contribution in [0, 0.1) is 34.9 Å². The Labute approximate surface area is 229 Å². The van der Waals surface area contributed by atoms with Crippen LogP contribution in [0.3, 0.4) is 0 Å². The molecule has 0 spiro atoms. The second-order valence-electron chi connectivity index (χ2n) is 9.64. The molecule has 0 radical (unpaired) electrons. The summed E-state index contributed by atoms with van der Waals surface area (Å²) in [5.74, 6) is -7.60. The highest BCUT2D eigenvalue weighted by Gasteiger charge is 2.25. The third-order valence-electron chi connectivity index (χ3n) is 7.02. The maximum atomic E-state index is 14.9. The molecule has 0 saturated heterocycles. The highest BCUT2D eigenvalue weighted by atomic mass is 19.2. The molecule has 3 nitrogen and oxygen atoms in total. The van der Waals surface area contributed by atoms with Gasteiger partial charge in [-0.1, -0.05) is 43.7 Å². The minimum absolute atomic E-state index is 0.0728. The van der Waals surface area contributed by atoms with Crippen molar-refractivity contribution in [1.29, 1.82) is 0 Å². The summed E-state index contributed by atoms with van der Waals surface area (Å²) in [4.78, 5) is 0.